The first kappa shape index (κ1) is 13.7. The second kappa shape index (κ2) is 5.31. The number of anilines is 1. The van der Waals surface area contributed by atoms with Crippen LogP contribution in [0.3, 0.4) is 0 Å². The van der Waals surface area contributed by atoms with Gasteiger partial charge in [-0.05, 0) is 26.3 Å². The van der Waals surface area contributed by atoms with Crippen LogP contribution in [-0.4, -0.2) is 22.1 Å². The summed E-state index contributed by atoms with van der Waals surface area (Å²) >= 11 is 0. The van der Waals surface area contributed by atoms with Gasteiger partial charge < -0.3 is 11.1 Å². The molecule has 1 aromatic rings. The number of nitrogens with zero attached hydrogens (tertiary/aromatic N) is 2. The van der Waals surface area contributed by atoms with Crippen LogP contribution in [0, 0.1) is 0 Å². The minimum Gasteiger partial charge on any atom is -0.352 e. The summed E-state index contributed by atoms with van der Waals surface area (Å²) in [6.07, 6.45) is -2.75. The molecule has 7 heteroatoms. The Morgan fingerprint density at radius 3 is 2.59 bits per heavy atom. The molecule has 0 bridgehead atoms. The van der Waals surface area contributed by atoms with Gasteiger partial charge in [0.15, 0.2) is 0 Å². The van der Waals surface area contributed by atoms with Crippen LogP contribution in [0.2, 0.25) is 0 Å². The van der Waals surface area contributed by atoms with Gasteiger partial charge in [-0.15, -0.1) is 0 Å². The molecule has 0 aliphatic carbocycles. The van der Waals surface area contributed by atoms with Gasteiger partial charge in [0.1, 0.15) is 5.69 Å². The van der Waals surface area contributed by atoms with Gasteiger partial charge in [0.05, 0.1) is 0 Å². The molecule has 0 spiro atoms. The van der Waals surface area contributed by atoms with Gasteiger partial charge in [-0.3, -0.25) is 0 Å². The lowest BCUT2D eigenvalue weighted by molar-refractivity contribution is -0.141. The molecule has 0 aliphatic rings. The molecule has 0 radical (unpaired) electrons. The standard InChI is InChI=1S/C10H15F3N4/c1-6(14)5-7(2)16-9-15-4-3-8(17-9)10(11,12)13/h3-4,6-7H,5,14H2,1-2H3,(H,15,16,17). The fraction of sp³-hybridized carbons (Fsp3) is 0.600. The summed E-state index contributed by atoms with van der Waals surface area (Å²) in [5.74, 6) is -0.0343. The third-order valence-corrected chi connectivity index (χ3v) is 2.05. The molecule has 96 valence electrons. The van der Waals surface area contributed by atoms with Crippen LogP contribution < -0.4 is 11.1 Å². The highest BCUT2D eigenvalue weighted by Crippen LogP contribution is 2.27. The van der Waals surface area contributed by atoms with Crippen LogP contribution in [0.4, 0.5) is 19.1 Å². The zero-order chi connectivity index (χ0) is 13.1. The van der Waals surface area contributed by atoms with Gasteiger partial charge in [-0.2, -0.15) is 13.2 Å². The molecule has 3 N–H and O–H groups in total. The molecule has 4 nitrogen and oxygen atoms in total. The van der Waals surface area contributed by atoms with Crippen molar-refractivity contribution in [2.45, 2.75) is 38.5 Å². The molecule has 0 aromatic carbocycles. The minimum absolute atomic E-state index is 0.0343. The summed E-state index contributed by atoms with van der Waals surface area (Å²) < 4.78 is 37.1. The number of rotatable bonds is 4. The van der Waals surface area contributed by atoms with Gasteiger partial charge in [-0.25, -0.2) is 9.97 Å². The van der Waals surface area contributed by atoms with Crippen molar-refractivity contribution in [3.8, 4) is 0 Å². The zero-order valence-corrected chi connectivity index (χ0v) is 9.62. The minimum atomic E-state index is -4.45. The average molecular weight is 248 g/mol. The molecule has 1 heterocycles. The van der Waals surface area contributed by atoms with Crippen LogP contribution in [0.25, 0.3) is 0 Å². The smallest absolute Gasteiger partial charge is 0.352 e. The Hall–Kier alpha value is -1.37. The second-order valence-electron chi connectivity index (χ2n) is 4.02. The Morgan fingerprint density at radius 1 is 1.41 bits per heavy atom. The van der Waals surface area contributed by atoms with Crippen molar-refractivity contribution >= 4 is 5.95 Å². The molecule has 17 heavy (non-hydrogen) atoms. The fourth-order valence-corrected chi connectivity index (χ4v) is 1.42. The van der Waals surface area contributed by atoms with Crippen molar-refractivity contribution < 1.29 is 13.2 Å². The van der Waals surface area contributed by atoms with E-state index in [1.165, 1.54) is 0 Å². The second-order valence-corrected chi connectivity index (χ2v) is 4.02. The monoisotopic (exact) mass is 248 g/mol. The quantitative estimate of drug-likeness (QED) is 0.855. The first-order chi connectivity index (χ1) is 7.79. The van der Waals surface area contributed by atoms with Crippen LogP contribution in [0.5, 0.6) is 0 Å². The molecule has 0 aliphatic heterocycles. The van der Waals surface area contributed by atoms with Gasteiger partial charge in [-0.1, -0.05) is 0 Å². The predicted octanol–water partition coefficient (Wildman–Crippen LogP) is 2.03. The number of hydrogen-bond donors (Lipinski definition) is 2. The highest BCUT2D eigenvalue weighted by atomic mass is 19.4. The third kappa shape index (κ3) is 4.56. The predicted molar refractivity (Wildman–Crippen MR) is 58.4 cm³/mol. The van der Waals surface area contributed by atoms with E-state index in [1.54, 1.807) is 0 Å². The maximum atomic E-state index is 12.4. The van der Waals surface area contributed by atoms with Crippen LogP contribution in [0.1, 0.15) is 26.0 Å². The Bertz CT molecular complexity index is 365. The number of hydrogen-bond acceptors (Lipinski definition) is 4. The lowest BCUT2D eigenvalue weighted by atomic mass is 10.1. The van der Waals surface area contributed by atoms with Crippen molar-refractivity contribution in [2.24, 2.45) is 5.73 Å². The van der Waals surface area contributed by atoms with Crippen LogP contribution in [0.15, 0.2) is 12.3 Å². The number of nitrogens with two attached hydrogens (primary N) is 1. The number of halogens is 3. The van der Waals surface area contributed by atoms with E-state index < -0.39 is 11.9 Å². The topological polar surface area (TPSA) is 63.8 Å². The number of aromatic nitrogens is 2. The molecule has 2 unspecified atom stereocenters. The summed E-state index contributed by atoms with van der Waals surface area (Å²) in [6.45, 7) is 3.64. The first-order valence-electron chi connectivity index (χ1n) is 5.21. The molecular formula is C10H15F3N4. The lowest BCUT2D eigenvalue weighted by Gasteiger charge is -2.16. The molecule has 0 amide bonds. The third-order valence-electron chi connectivity index (χ3n) is 2.05. The fourth-order valence-electron chi connectivity index (χ4n) is 1.42. The van der Waals surface area contributed by atoms with E-state index in [9.17, 15) is 13.2 Å². The molecule has 1 rings (SSSR count). The maximum Gasteiger partial charge on any atom is 0.433 e. The van der Waals surface area contributed by atoms with Gasteiger partial charge in [0.25, 0.3) is 0 Å². The molecule has 0 saturated carbocycles. The van der Waals surface area contributed by atoms with Gasteiger partial charge >= 0.3 is 6.18 Å². The lowest BCUT2D eigenvalue weighted by Crippen LogP contribution is -2.27. The van der Waals surface area contributed by atoms with E-state index in [1.807, 2.05) is 13.8 Å². The van der Waals surface area contributed by atoms with E-state index in [2.05, 4.69) is 15.3 Å². The Balaban J connectivity index is 2.72. The highest BCUT2D eigenvalue weighted by Gasteiger charge is 2.32. The van der Waals surface area contributed by atoms with Crippen LogP contribution in [-0.2, 0) is 6.18 Å². The van der Waals surface area contributed by atoms with Gasteiger partial charge in [0.2, 0.25) is 5.95 Å². The first-order valence-corrected chi connectivity index (χ1v) is 5.21. The highest BCUT2D eigenvalue weighted by molar-refractivity contribution is 5.27. The van der Waals surface area contributed by atoms with Crippen LogP contribution >= 0.6 is 0 Å². The van der Waals surface area contributed by atoms with E-state index in [0.29, 0.717) is 6.42 Å². The summed E-state index contributed by atoms with van der Waals surface area (Å²) in [6, 6.07) is 0.711. The largest absolute Gasteiger partial charge is 0.433 e. The summed E-state index contributed by atoms with van der Waals surface area (Å²) in [5, 5.41) is 2.78. The molecule has 0 saturated heterocycles. The number of nitrogens with one attached hydrogen (secondary N) is 1. The van der Waals surface area contributed by atoms with E-state index in [0.717, 1.165) is 12.3 Å². The van der Waals surface area contributed by atoms with E-state index in [4.69, 9.17) is 5.73 Å². The number of alkyl halides is 3. The van der Waals surface area contributed by atoms with Crippen molar-refractivity contribution in [3.05, 3.63) is 18.0 Å². The normalized spacial score (nSPS) is 15.4. The zero-order valence-electron chi connectivity index (χ0n) is 9.62. The Morgan fingerprint density at radius 2 is 2.06 bits per heavy atom. The van der Waals surface area contributed by atoms with Crippen molar-refractivity contribution in [2.75, 3.05) is 5.32 Å². The summed E-state index contributed by atoms with van der Waals surface area (Å²) in [7, 11) is 0. The van der Waals surface area contributed by atoms with E-state index in [-0.39, 0.29) is 18.0 Å². The van der Waals surface area contributed by atoms with E-state index >= 15 is 0 Å². The summed E-state index contributed by atoms with van der Waals surface area (Å²) in [5.41, 5.74) is 4.63. The van der Waals surface area contributed by atoms with Crippen molar-refractivity contribution in [3.63, 3.8) is 0 Å². The van der Waals surface area contributed by atoms with Gasteiger partial charge in [0, 0.05) is 18.3 Å². The molecule has 1 aromatic heterocycles. The Kier molecular flexibility index (Phi) is 4.28. The molecular weight excluding hydrogens is 233 g/mol. The Labute approximate surface area is 97.4 Å². The van der Waals surface area contributed by atoms with Crippen molar-refractivity contribution in [1.29, 1.82) is 0 Å². The SMILES string of the molecule is CC(N)CC(C)Nc1nccc(C(F)(F)F)n1. The summed E-state index contributed by atoms with van der Waals surface area (Å²) in [4.78, 5) is 7.14. The maximum absolute atomic E-state index is 12.4. The molecule has 2 atom stereocenters. The average Bonchev–Trinajstić information content (AvgIpc) is 2.15. The molecule has 0 fully saturated rings. The van der Waals surface area contributed by atoms with Crippen molar-refractivity contribution in [1.82, 2.24) is 9.97 Å².